The second kappa shape index (κ2) is 4.65. The average molecular weight is 239 g/mol. The minimum Gasteiger partial charge on any atom is -0.481 e. The van der Waals surface area contributed by atoms with E-state index in [-0.39, 0.29) is 18.2 Å². The maximum Gasteiger partial charge on any atom is 0.303 e. The molecule has 92 valence electrons. The molecule has 0 aromatic carbocycles. The molecule has 1 aliphatic rings. The molecule has 0 bridgehead atoms. The number of carboxylic acid groups (broad SMARTS) is 1. The van der Waals surface area contributed by atoms with E-state index in [0.717, 1.165) is 6.42 Å². The third-order valence-electron chi connectivity index (χ3n) is 2.99. The van der Waals surface area contributed by atoms with E-state index < -0.39 is 11.8 Å². The van der Waals surface area contributed by atoms with Gasteiger partial charge in [0.15, 0.2) is 11.6 Å². The van der Waals surface area contributed by atoms with E-state index in [2.05, 4.69) is 9.97 Å². The summed E-state index contributed by atoms with van der Waals surface area (Å²) in [6.07, 6.45) is 2.22. The molecule has 1 aromatic rings. The van der Waals surface area contributed by atoms with Crippen molar-refractivity contribution < 1.29 is 14.3 Å². The molecule has 0 aliphatic carbocycles. The van der Waals surface area contributed by atoms with Crippen LogP contribution >= 0.6 is 0 Å². The van der Waals surface area contributed by atoms with Gasteiger partial charge in [0.25, 0.3) is 0 Å². The SMILES string of the molecule is Cc1ncnc(N2CCC(CC(=O)O)C2)c1F. The lowest BCUT2D eigenvalue weighted by Gasteiger charge is -2.17. The standard InChI is InChI=1S/C11H14FN3O2/c1-7-10(12)11(14-6-13-7)15-3-2-8(5-15)4-9(16)17/h6,8H,2-5H2,1H3,(H,16,17). The summed E-state index contributed by atoms with van der Waals surface area (Å²) in [6.45, 7) is 2.77. The van der Waals surface area contributed by atoms with E-state index in [1.165, 1.54) is 6.33 Å². The molecular weight excluding hydrogens is 225 g/mol. The third kappa shape index (κ3) is 2.51. The van der Waals surface area contributed by atoms with E-state index in [9.17, 15) is 9.18 Å². The van der Waals surface area contributed by atoms with Gasteiger partial charge in [-0.2, -0.15) is 0 Å². The van der Waals surface area contributed by atoms with E-state index in [4.69, 9.17) is 5.11 Å². The Morgan fingerprint density at radius 1 is 1.65 bits per heavy atom. The highest BCUT2D eigenvalue weighted by Crippen LogP contribution is 2.26. The van der Waals surface area contributed by atoms with Crippen molar-refractivity contribution in [1.82, 2.24) is 9.97 Å². The van der Waals surface area contributed by atoms with Crippen LogP contribution in [0.5, 0.6) is 0 Å². The lowest BCUT2D eigenvalue weighted by atomic mass is 10.1. The molecular formula is C11H14FN3O2. The van der Waals surface area contributed by atoms with E-state index in [0.29, 0.717) is 18.8 Å². The van der Waals surface area contributed by atoms with Gasteiger partial charge in [0, 0.05) is 19.5 Å². The first-order valence-electron chi connectivity index (χ1n) is 5.51. The summed E-state index contributed by atoms with van der Waals surface area (Å²) in [6, 6.07) is 0. The number of hydrogen-bond donors (Lipinski definition) is 1. The van der Waals surface area contributed by atoms with E-state index in [1.807, 2.05) is 0 Å². The Labute approximate surface area is 98.3 Å². The van der Waals surface area contributed by atoms with E-state index >= 15 is 0 Å². The monoisotopic (exact) mass is 239 g/mol. The molecule has 1 fully saturated rings. The number of aryl methyl sites for hydroxylation is 1. The van der Waals surface area contributed by atoms with Crippen LogP contribution in [0.1, 0.15) is 18.5 Å². The van der Waals surface area contributed by atoms with Crippen molar-refractivity contribution in [3.05, 3.63) is 17.8 Å². The molecule has 1 unspecified atom stereocenters. The Hall–Kier alpha value is -1.72. The topological polar surface area (TPSA) is 66.3 Å². The van der Waals surface area contributed by atoms with Crippen molar-refractivity contribution in [3.63, 3.8) is 0 Å². The van der Waals surface area contributed by atoms with Gasteiger partial charge >= 0.3 is 5.97 Å². The number of hydrogen-bond acceptors (Lipinski definition) is 4. The van der Waals surface area contributed by atoms with Gasteiger partial charge in [-0.05, 0) is 19.3 Å². The molecule has 1 aromatic heterocycles. The summed E-state index contributed by atoms with van der Waals surface area (Å²) in [5.41, 5.74) is 0.316. The molecule has 0 spiro atoms. The van der Waals surface area contributed by atoms with Crippen LogP contribution in [0.25, 0.3) is 0 Å². The maximum atomic E-state index is 13.8. The molecule has 5 nitrogen and oxygen atoms in total. The highest BCUT2D eigenvalue weighted by Gasteiger charge is 2.27. The van der Waals surface area contributed by atoms with Gasteiger partial charge in [-0.15, -0.1) is 0 Å². The van der Waals surface area contributed by atoms with Crippen LogP contribution in [0.3, 0.4) is 0 Å². The maximum absolute atomic E-state index is 13.8. The number of nitrogens with zero attached hydrogens (tertiary/aromatic N) is 3. The normalized spacial score (nSPS) is 19.6. The molecule has 1 N–H and O–H groups in total. The smallest absolute Gasteiger partial charge is 0.303 e. The Bertz CT molecular complexity index is 439. The summed E-state index contributed by atoms with van der Waals surface area (Å²) in [7, 11) is 0. The molecule has 0 saturated carbocycles. The molecule has 2 rings (SSSR count). The van der Waals surface area contributed by atoms with Gasteiger partial charge in [-0.1, -0.05) is 0 Å². The number of carbonyl (C=O) groups is 1. The fourth-order valence-electron chi connectivity index (χ4n) is 2.10. The third-order valence-corrected chi connectivity index (χ3v) is 2.99. The largest absolute Gasteiger partial charge is 0.481 e. The minimum atomic E-state index is -0.809. The van der Waals surface area contributed by atoms with Crippen LogP contribution in [0.15, 0.2) is 6.33 Å². The highest BCUT2D eigenvalue weighted by atomic mass is 19.1. The summed E-state index contributed by atoms with van der Waals surface area (Å²) in [5, 5.41) is 8.71. The van der Waals surface area contributed by atoms with Crippen LogP contribution in [-0.4, -0.2) is 34.1 Å². The van der Waals surface area contributed by atoms with Gasteiger partial charge in [0.05, 0.1) is 5.69 Å². The minimum absolute atomic E-state index is 0.0715. The van der Waals surface area contributed by atoms with Crippen LogP contribution in [0.4, 0.5) is 10.2 Å². The second-order valence-corrected chi connectivity index (χ2v) is 4.30. The van der Waals surface area contributed by atoms with Crippen molar-refractivity contribution >= 4 is 11.8 Å². The molecule has 0 radical (unpaired) electrons. The number of aliphatic carboxylic acids is 1. The van der Waals surface area contributed by atoms with Crippen molar-refractivity contribution in [2.45, 2.75) is 19.8 Å². The number of rotatable bonds is 3. The molecule has 1 saturated heterocycles. The van der Waals surface area contributed by atoms with Crippen LogP contribution in [0.2, 0.25) is 0 Å². The quantitative estimate of drug-likeness (QED) is 0.859. The van der Waals surface area contributed by atoms with Crippen LogP contribution in [-0.2, 0) is 4.79 Å². The van der Waals surface area contributed by atoms with Crippen molar-refractivity contribution in [1.29, 1.82) is 0 Å². The van der Waals surface area contributed by atoms with Crippen molar-refractivity contribution in [2.24, 2.45) is 5.92 Å². The molecule has 2 heterocycles. The number of anilines is 1. The summed E-state index contributed by atoms with van der Waals surface area (Å²) >= 11 is 0. The van der Waals surface area contributed by atoms with Crippen molar-refractivity contribution in [3.8, 4) is 0 Å². The molecule has 17 heavy (non-hydrogen) atoms. The van der Waals surface area contributed by atoms with Crippen LogP contribution in [0, 0.1) is 18.7 Å². The van der Waals surface area contributed by atoms with Gasteiger partial charge in [-0.3, -0.25) is 4.79 Å². The van der Waals surface area contributed by atoms with Gasteiger partial charge in [0.2, 0.25) is 0 Å². The fourth-order valence-corrected chi connectivity index (χ4v) is 2.10. The van der Waals surface area contributed by atoms with Crippen LogP contribution < -0.4 is 4.90 Å². The number of aromatic nitrogens is 2. The Morgan fingerprint density at radius 3 is 3.12 bits per heavy atom. The lowest BCUT2D eigenvalue weighted by molar-refractivity contribution is -0.137. The Kier molecular flexibility index (Phi) is 3.21. The summed E-state index contributed by atoms with van der Waals surface area (Å²) in [5.74, 6) is -0.868. The molecule has 1 atom stereocenters. The number of halogens is 1. The Morgan fingerprint density at radius 2 is 2.41 bits per heavy atom. The molecule has 1 aliphatic heterocycles. The van der Waals surface area contributed by atoms with Gasteiger partial charge < -0.3 is 10.0 Å². The highest BCUT2D eigenvalue weighted by molar-refractivity contribution is 5.67. The van der Waals surface area contributed by atoms with E-state index in [1.54, 1.807) is 11.8 Å². The Balaban J connectivity index is 2.10. The zero-order chi connectivity index (χ0) is 12.4. The average Bonchev–Trinajstić information content (AvgIpc) is 2.69. The summed E-state index contributed by atoms with van der Waals surface area (Å²) in [4.78, 5) is 20.1. The first kappa shape index (κ1) is 11.8. The molecule has 0 amide bonds. The first-order chi connectivity index (χ1) is 8.08. The number of carboxylic acids is 1. The first-order valence-corrected chi connectivity index (χ1v) is 5.51. The zero-order valence-electron chi connectivity index (χ0n) is 9.56. The van der Waals surface area contributed by atoms with Gasteiger partial charge in [-0.25, -0.2) is 14.4 Å². The fraction of sp³-hybridized carbons (Fsp3) is 0.545. The second-order valence-electron chi connectivity index (χ2n) is 4.30. The summed E-state index contributed by atoms with van der Waals surface area (Å²) < 4.78 is 13.8. The predicted octanol–water partition coefficient (Wildman–Crippen LogP) is 1.23. The lowest BCUT2D eigenvalue weighted by Crippen LogP contribution is -2.23. The van der Waals surface area contributed by atoms with Gasteiger partial charge in [0.1, 0.15) is 6.33 Å². The molecule has 6 heteroatoms. The van der Waals surface area contributed by atoms with Crippen molar-refractivity contribution in [2.75, 3.05) is 18.0 Å². The zero-order valence-corrected chi connectivity index (χ0v) is 9.56. The predicted molar refractivity (Wildman–Crippen MR) is 59.3 cm³/mol.